The first-order valence-corrected chi connectivity index (χ1v) is 9.16. The minimum Gasteiger partial charge on any atom is -0.495 e. The summed E-state index contributed by atoms with van der Waals surface area (Å²) >= 11 is 0. The van der Waals surface area contributed by atoms with E-state index in [0.29, 0.717) is 36.5 Å². The highest BCUT2D eigenvalue weighted by Crippen LogP contribution is 2.35. The lowest BCUT2D eigenvalue weighted by Gasteiger charge is -2.20. The topological polar surface area (TPSA) is 91.1 Å². The molecule has 1 aromatic heterocycles. The van der Waals surface area contributed by atoms with Crippen molar-refractivity contribution in [3.05, 3.63) is 35.0 Å². The van der Waals surface area contributed by atoms with E-state index in [1.54, 1.807) is 12.0 Å². The molecule has 1 amide bonds. The number of amides is 1. The van der Waals surface area contributed by atoms with E-state index in [0.717, 1.165) is 35.5 Å². The fourth-order valence-corrected chi connectivity index (χ4v) is 3.40. The first-order valence-electron chi connectivity index (χ1n) is 9.16. The van der Waals surface area contributed by atoms with Crippen LogP contribution in [0.4, 0.5) is 17.2 Å². The molecule has 1 aromatic carbocycles. The van der Waals surface area contributed by atoms with Gasteiger partial charge in [-0.3, -0.25) is 4.79 Å². The largest absolute Gasteiger partial charge is 0.495 e. The first-order chi connectivity index (χ1) is 13.1. The summed E-state index contributed by atoms with van der Waals surface area (Å²) in [6.45, 7) is 4.68. The number of nitrogens with zero attached hydrogens (tertiary/aromatic N) is 4. The Hall–Kier alpha value is -3.14. The van der Waals surface area contributed by atoms with Gasteiger partial charge >= 0.3 is 0 Å². The number of hydrogen-bond acceptors (Lipinski definition) is 6. The van der Waals surface area contributed by atoms with Gasteiger partial charge in [-0.15, -0.1) is 5.10 Å². The Labute approximate surface area is 159 Å². The van der Waals surface area contributed by atoms with Gasteiger partial charge in [0.1, 0.15) is 17.4 Å². The molecule has 0 unspecified atom stereocenters. The Bertz CT molecular complexity index is 904. The van der Waals surface area contributed by atoms with Crippen LogP contribution in [0.3, 0.4) is 0 Å². The van der Waals surface area contributed by atoms with Crippen molar-refractivity contribution in [3.8, 4) is 11.8 Å². The number of nitriles is 1. The van der Waals surface area contributed by atoms with Crippen LogP contribution in [0, 0.1) is 11.3 Å². The molecule has 2 heterocycles. The third-order valence-corrected chi connectivity index (χ3v) is 4.76. The molecule has 1 fully saturated rings. The van der Waals surface area contributed by atoms with Gasteiger partial charge in [0.2, 0.25) is 5.91 Å². The number of methoxy groups -OCH3 is 1. The average molecular weight is 365 g/mol. The number of benzene rings is 1. The molecule has 0 bridgehead atoms. The molecule has 0 radical (unpaired) electrons. The highest BCUT2D eigenvalue weighted by molar-refractivity contribution is 5.97. The molecule has 2 aromatic rings. The smallest absolute Gasteiger partial charge is 0.227 e. The maximum atomic E-state index is 12.2. The Morgan fingerprint density at radius 1 is 1.30 bits per heavy atom. The number of nitrogens with one attached hydrogen (secondary N) is 1. The molecule has 1 aliphatic rings. The Kier molecular flexibility index (Phi) is 5.55. The molecule has 0 atom stereocenters. The standard InChI is InChI=1S/C20H23N5O2/c1-4-14-15(12-21)20(24-23-16(14)5-2)22-13-8-9-18(27-3)17(11-13)25-10-6-7-19(25)26/h8-9,11H,4-7,10H2,1-3H3,(H,22,24). The quantitative estimate of drug-likeness (QED) is 0.844. The monoisotopic (exact) mass is 365 g/mol. The zero-order chi connectivity index (χ0) is 19.4. The van der Waals surface area contributed by atoms with Crippen molar-refractivity contribution in [2.24, 2.45) is 0 Å². The lowest BCUT2D eigenvalue weighted by atomic mass is 10.0. The first kappa shape index (κ1) is 18.6. The second kappa shape index (κ2) is 8.04. The third kappa shape index (κ3) is 3.56. The van der Waals surface area contributed by atoms with Crippen LogP contribution in [0.15, 0.2) is 18.2 Å². The SMILES string of the molecule is CCc1nnc(Nc2ccc(OC)c(N3CCCC3=O)c2)c(C#N)c1CC. The molecule has 0 spiro atoms. The molecule has 7 nitrogen and oxygen atoms in total. The summed E-state index contributed by atoms with van der Waals surface area (Å²) < 4.78 is 5.42. The van der Waals surface area contributed by atoms with E-state index in [1.165, 1.54) is 0 Å². The van der Waals surface area contributed by atoms with Gasteiger partial charge < -0.3 is 15.0 Å². The maximum absolute atomic E-state index is 12.2. The van der Waals surface area contributed by atoms with Crippen LogP contribution in [-0.2, 0) is 17.6 Å². The van der Waals surface area contributed by atoms with Crippen molar-refractivity contribution in [2.45, 2.75) is 39.5 Å². The van der Waals surface area contributed by atoms with Gasteiger partial charge in [0.25, 0.3) is 0 Å². The molecule has 0 aliphatic carbocycles. The van der Waals surface area contributed by atoms with Crippen LogP contribution in [0.2, 0.25) is 0 Å². The van der Waals surface area contributed by atoms with Gasteiger partial charge in [0.15, 0.2) is 5.82 Å². The molecule has 7 heteroatoms. The van der Waals surface area contributed by atoms with E-state index in [-0.39, 0.29) is 5.91 Å². The molecule has 27 heavy (non-hydrogen) atoms. The summed E-state index contributed by atoms with van der Waals surface area (Å²) in [7, 11) is 1.59. The number of aromatic nitrogens is 2. The number of ether oxygens (including phenoxy) is 1. The van der Waals surface area contributed by atoms with Crippen molar-refractivity contribution in [3.63, 3.8) is 0 Å². The lowest BCUT2D eigenvalue weighted by Crippen LogP contribution is -2.24. The van der Waals surface area contributed by atoms with E-state index < -0.39 is 0 Å². The summed E-state index contributed by atoms with van der Waals surface area (Å²) in [5, 5.41) is 21.3. The van der Waals surface area contributed by atoms with Crippen LogP contribution in [0.1, 0.15) is 43.5 Å². The lowest BCUT2D eigenvalue weighted by molar-refractivity contribution is -0.117. The van der Waals surface area contributed by atoms with E-state index >= 15 is 0 Å². The Morgan fingerprint density at radius 2 is 2.11 bits per heavy atom. The molecule has 140 valence electrons. The fraction of sp³-hybridized carbons (Fsp3) is 0.400. The van der Waals surface area contributed by atoms with Crippen LogP contribution in [0.5, 0.6) is 5.75 Å². The van der Waals surface area contributed by atoms with Gasteiger partial charge in [-0.1, -0.05) is 13.8 Å². The number of hydrogen-bond donors (Lipinski definition) is 1. The molecule has 0 saturated carbocycles. The zero-order valence-electron chi connectivity index (χ0n) is 15.9. The van der Waals surface area contributed by atoms with Gasteiger partial charge in [0, 0.05) is 18.7 Å². The average Bonchev–Trinajstić information content (AvgIpc) is 3.13. The van der Waals surface area contributed by atoms with Gasteiger partial charge in [-0.2, -0.15) is 10.4 Å². The molecular weight excluding hydrogens is 342 g/mol. The predicted molar refractivity (Wildman–Crippen MR) is 103 cm³/mol. The second-order valence-corrected chi connectivity index (χ2v) is 6.33. The van der Waals surface area contributed by atoms with Gasteiger partial charge in [-0.25, -0.2) is 0 Å². The fourth-order valence-electron chi connectivity index (χ4n) is 3.40. The van der Waals surface area contributed by atoms with Gasteiger partial charge in [-0.05, 0) is 43.0 Å². The van der Waals surface area contributed by atoms with E-state index in [1.807, 2.05) is 32.0 Å². The summed E-state index contributed by atoms with van der Waals surface area (Å²) in [4.78, 5) is 13.9. The third-order valence-electron chi connectivity index (χ3n) is 4.76. The minimum absolute atomic E-state index is 0.0866. The van der Waals surface area contributed by atoms with Crippen molar-refractivity contribution >= 4 is 23.1 Å². The normalized spacial score (nSPS) is 13.6. The predicted octanol–water partition coefficient (Wildman–Crippen LogP) is 3.35. The summed E-state index contributed by atoms with van der Waals surface area (Å²) in [6.07, 6.45) is 2.83. The van der Waals surface area contributed by atoms with Crippen molar-refractivity contribution < 1.29 is 9.53 Å². The van der Waals surface area contributed by atoms with Gasteiger partial charge in [0.05, 0.1) is 18.5 Å². The minimum atomic E-state index is 0.0866. The number of anilines is 3. The maximum Gasteiger partial charge on any atom is 0.227 e. The molecular formula is C20H23N5O2. The number of rotatable bonds is 6. The van der Waals surface area contributed by atoms with Crippen LogP contribution < -0.4 is 15.0 Å². The Morgan fingerprint density at radius 3 is 2.70 bits per heavy atom. The highest BCUT2D eigenvalue weighted by Gasteiger charge is 2.25. The van der Waals surface area contributed by atoms with Crippen LogP contribution in [-0.4, -0.2) is 29.8 Å². The summed E-state index contributed by atoms with van der Waals surface area (Å²) in [5.74, 6) is 1.15. The van der Waals surface area contributed by atoms with E-state index in [2.05, 4.69) is 21.6 Å². The van der Waals surface area contributed by atoms with Crippen molar-refractivity contribution in [2.75, 3.05) is 23.9 Å². The van der Waals surface area contributed by atoms with Crippen LogP contribution in [0.25, 0.3) is 0 Å². The van der Waals surface area contributed by atoms with E-state index in [4.69, 9.17) is 4.74 Å². The number of carbonyl (C=O) groups is 1. The Balaban J connectivity index is 1.99. The summed E-state index contributed by atoms with van der Waals surface area (Å²) in [5.41, 5.74) is 3.72. The van der Waals surface area contributed by atoms with Crippen LogP contribution >= 0.6 is 0 Å². The molecule has 1 saturated heterocycles. The molecule has 3 rings (SSSR count). The van der Waals surface area contributed by atoms with Crippen molar-refractivity contribution in [1.29, 1.82) is 5.26 Å². The van der Waals surface area contributed by atoms with Crippen molar-refractivity contribution in [1.82, 2.24) is 10.2 Å². The number of aryl methyl sites for hydroxylation is 1. The molecule has 1 N–H and O–H groups in total. The van der Waals surface area contributed by atoms with E-state index in [9.17, 15) is 10.1 Å². The zero-order valence-corrected chi connectivity index (χ0v) is 15.9. The summed E-state index contributed by atoms with van der Waals surface area (Å²) in [6, 6.07) is 7.75. The highest BCUT2D eigenvalue weighted by atomic mass is 16.5. The molecule has 1 aliphatic heterocycles. The number of carbonyl (C=O) groups excluding carboxylic acids is 1. The second-order valence-electron chi connectivity index (χ2n) is 6.33.